The third-order valence-electron chi connectivity index (χ3n) is 2.92. The number of rotatable bonds is 5. The first-order valence-corrected chi connectivity index (χ1v) is 6.21. The maximum Gasteiger partial charge on any atom is 0.223 e. The first kappa shape index (κ1) is 11.6. The quantitative estimate of drug-likeness (QED) is 0.674. The largest absolute Gasteiger partial charge is 0.343 e. The van der Waals surface area contributed by atoms with Gasteiger partial charge in [-0.15, -0.1) is 0 Å². The summed E-state index contributed by atoms with van der Waals surface area (Å²) in [6.45, 7) is 5.52. The minimum Gasteiger partial charge on any atom is -0.343 e. The van der Waals surface area contributed by atoms with Crippen LogP contribution in [0.3, 0.4) is 0 Å². The molecular formula is C13H23NO2. The summed E-state index contributed by atoms with van der Waals surface area (Å²) in [5.41, 5.74) is 0. The van der Waals surface area contributed by atoms with Gasteiger partial charge in [0.25, 0.3) is 0 Å². The van der Waals surface area contributed by atoms with E-state index in [1.54, 1.807) is 4.90 Å². The summed E-state index contributed by atoms with van der Waals surface area (Å²) in [5.74, 6) is -1.01. The molecule has 0 spiro atoms. The molecule has 92 valence electrons. The van der Waals surface area contributed by atoms with Crippen LogP contribution in [0.15, 0.2) is 0 Å². The molecule has 1 fully saturated rings. The van der Waals surface area contributed by atoms with Gasteiger partial charge in [0, 0.05) is 26.8 Å². The second kappa shape index (κ2) is 6.66. The van der Waals surface area contributed by atoms with Crippen LogP contribution in [0.5, 0.6) is 0 Å². The van der Waals surface area contributed by atoms with Gasteiger partial charge < -0.3 is 9.69 Å². The fourth-order valence-corrected chi connectivity index (χ4v) is 2.14. The van der Waals surface area contributed by atoms with Crippen LogP contribution < -0.4 is 0 Å². The van der Waals surface area contributed by atoms with Crippen LogP contribution in [0.4, 0.5) is 0 Å². The number of carbonyl (C=O) groups is 2. The zero-order valence-electron chi connectivity index (χ0n) is 11.4. The van der Waals surface area contributed by atoms with Crippen LogP contribution >= 0.6 is 0 Å². The molecule has 1 rings (SSSR count). The molecule has 1 aliphatic heterocycles. The van der Waals surface area contributed by atoms with E-state index in [1.165, 1.54) is 6.42 Å². The number of carbonyl (C=O) groups excluding carboxylic acids is 2. The van der Waals surface area contributed by atoms with Crippen molar-refractivity contribution in [2.75, 3.05) is 13.1 Å². The summed E-state index contributed by atoms with van der Waals surface area (Å²) in [4.78, 5) is 24.8. The zero-order valence-corrected chi connectivity index (χ0v) is 10.4. The van der Waals surface area contributed by atoms with Crippen molar-refractivity contribution in [1.29, 1.82) is 0 Å². The highest BCUT2D eigenvalue weighted by atomic mass is 16.2. The van der Waals surface area contributed by atoms with Crippen molar-refractivity contribution in [3.8, 4) is 0 Å². The molecule has 0 N–H and O–H groups in total. The molecule has 0 bridgehead atoms. The molecule has 1 aliphatic rings. The SMILES string of the molecule is [2H]C(C=O)(CC(=O)N1CCCCC1)CC(C)C. The Morgan fingerprint density at radius 1 is 1.38 bits per heavy atom. The second-order valence-corrected chi connectivity index (χ2v) is 4.99. The molecule has 1 heterocycles. The Morgan fingerprint density at radius 3 is 2.50 bits per heavy atom. The van der Waals surface area contributed by atoms with Crippen molar-refractivity contribution in [1.82, 2.24) is 4.90 Å². The van der Waals surface area contributed by atoms with Gasteiger partial charge in [0.05, 0.1) is 0 Å². The van der Waals surface area contributed by atoms with E-state index in [4.69, 9.17) is 1.37 Å². The first-order chi connectivity index (χ1) is 7.97. The molecule has 16 heavy (non-hydrogen) atoms. The Bertz CT molecular complexity index is 275. The number of nitrogens with zero attached hydrogens (tertiary/aromatic N) is 1. The second-order valence-electron chi connectivity index (χ2n) is 4.99. The standard InChI is InChI=1S/C13H23NO2/c1-11(2)8-12(10-15)9-13(16)14-6-4-3-5-7-14/h10-12H,3-9H2,1-2H3/i12D. The molecule has 1 atom stereocenters. The summed E-state index contributed by atoms with van der Waals surface area (Å²) in [6, 6.07) is 0. The predicted octanol–water partition coefficient (Wildman–Crippen LogP) is 2.25. The molecule has 0 aromatic rings. The van der Waals surface area contributed by atoms with Crippen LogP contribution in [0.2, 0.25) is 0 Å². The smallest absolute Gasteiger partial charge is 0.223 e. The number of amides is 1. The van der Waals surface area contributed by atoms with Crippen LogP contribution in [0.25, 0.3) is 0 Å². The van der Waals surface area contributed by atoms with Gasteiger partial charge in [0.15, 0.2) is 0 Å². The molecule has 0 aromatic carbocycles. The molecule has 0 saturated carbocycles. The third kappa shape index (κ3) is 4.33. The summed E-state index contributed by atoms with van der Waals surface area (Å²) in [6.07, 6.45) is 4.39. The Hall–Kier alpha value is -0.860. The molecule has 3 nitrogen and oxygen atoms in total. The Kier molecular flexibility index (Phi) is 4.84. The van der Waals surface area contributed by atoms with Crippen LogP contribution in [0, 0.1) is 11.8 Å². The molecule has 0 aromatic heterocycles. The van der Waals surface area contributed by atoms with Crippen molar-refractivity contribution >= 4 is 12.2 Å². The van der Waals surface area contributed by atoms with E-state index >= 15 is 0 Å². The van der Waals surface area contributed by atoms with Crippen molar-refractivity contribution in [2.24, 2.45) is 11.8 Å². The topological polar surface area (TPSA) is 37.4 Å². The zero-order chi connectivity index (χ0) is 12.9. The maximum atomic E-state index is 12.0. The minimum atomic E-state index is -1.23. The van der Waals surface area contributed by atoms with E-state index in [0.29, 0.717) is 12.7 Å². The molecule has 1 unspecified atom stereocenters. The lowest BCUT2D eigenvalue weighted by Crippen LogP contribution is -2.36. The molecule has 0 aliphatic carbocycles. The van der Waals surface area contributed by atoms with Gasteiger partial charge >= 0.3 is 0 Å². The molecule has 0 radical (unpaired) electrons. The average Bonchev–Trinajstić information content (AvgIpc) is 2.29. The molecule has 1 amide bonds. The Balaban J connectivity index is 2.54. The summed E-state index contributed by atoms with van der Waals surface area (Å²) in [7, 11) is 0. The van der Waals surface area contributed by atoms with Gasteiger partial charge in [0.2, 0.25) is 5.91 Å². The van der Waals surface area contributed by atoms with E-state index < -0.39 is 5.89 Å². The number of aldehydes is 1. The van der Waals surface area contributed by atoms with Gasteiger partial charge in [-0.3, -0.25) is 4.79 Å². The number of piperidine rings is 1. The van der Waals surface area contributed by atoms with E-state index in [9.17, 15) is 9.59 Å². The monoisotopic (exact) mass is 226 g/mol. The van der Waals surface area contributed by atoms with Gasteiger partial charge in [-0.2, -0.15) is 0 Å². The highest BCUT2D eigenvalue weighted by Crippen LogP contribution is 2.17. The lowest BCUT2D eigenvalue weighted by Gasteiger charge is -2.27. The van der Waals surface area contributed by atoms with Crippen molar-refractivity contribution in [2.45, 2.75) is 46.0 Å². The van der Waals surface area contributed by atoms with Crippen LogP contribution in [0.1, 0.15) is 47.3 Å². The van der Waals surface area contributed by atoms with E-state index in [-0.39, 0.29) is 18.2 Å². The van der Waals surface area contributed by atoms with Crippen molar-refractivity contribution in [3.05, 3.63) is 0 Å². The molecule has 1 saturated heterocycles. The number of likely N-dealkylation sites (tertiary alicyclic amines) is 1. The van der Waals surface area contributed by atoms with Crippen LogP contribution in [-0.2, 0) is 9.59 Å². The first-order valence-electron chi connectivity index (χ1n) is 6.71. The Labute approximate surface area is 99.6 Å². The molecular weight excluding hydrogens is 202 g/mol. The third-order valence-corrected chi connectivity index (χ3v) is 2.92. The van der Waals surface area contributed by atoms with Gasteiger partial charge in [0.1, 0.15) is 6.29 Å². The van der Waals surface area contributed by atoms with E-state index in [1.807, 2.05) is 13.8 Å². The Morgan fingerprint density at radius 2 is 2.00 bits per heavy atom. The van der Waals surface area contributed by atoms with Gasteiger partial charge in [-0.25, -0.2) is 0 Å². The van der Waals surface area contributed by atoms with Gasteiger partial charge in [-0.05, 0) is 31.6 Å². The van der Waals surface area contributed by atoms with Crippen LogP contribution in [-0.4, -0.2) is 30.2 Å². The summed E-state index contributed by atoms with van der Waals surface area (Å²) < 4.78 is 8.03. The lowest BCUT2D eigenvalue weighted by atomic mass is 9.94. The van der Waals surface area contributed by atoms with E-state index in [2.05, 4.69) is 0 Å². The summed E-state index contributed by atoms with van der Waals surface area (Å²) >= 11 is 0. The number of hydrogen-bond donors (Lipinski definition) is 0. The fourth-order valence-electron chi connectivity index (χ4n) is 2.14. The number of hydrogen-bond acceptors (Lipinski definition) is 2. The van der Waals surface area contributed by atoms with Gasteiger partial charge in [-0.1, -0.05) is 13.8 Å². The fraction of sp³-hybridized carbons (Fsp3) is 0.846. The average molecular weight is 226 g/mol. The minimum absolute atomic E-state index is 0.0348. The summed E-state index contributed by atoms with van der Waals surface area (Å²) in [5, 5.41) is 0. The van der Waals surface area contributed by atoms with E-state index in [0.717, 1.165) is 25.9 Å². The highest BCUT2D eigenvalue weighted by Gasteiger charge is 2.20. The van der Waals surface area contributed by atoms with Crippen molar-refractivity contribution < 1.29 is 11.0 Å². The highest BCUT2D eigenvalue weighted by molar-refractivity contribution is 5.79. The lowest BCUT2D eigenvalue weighted by molar-refractivity contribution is -0.134. The predicted molar refractivity (Wildman–Crippen MR) is 64.1 cm³/mol. The van der Waals surface area contributed by atoms with Crippen molar-refractivity contribution in [3.63, 3.8) is 0 Å². The normalized spacial score (nSPS) is 21.4. The molecule has 3 heteroatoms. The maximum absolute atomic E-state index is 12.0.